The van der Waals surface area contributed by atoms with Crippen LogP contribution in [0.5, 0.6) is 0 Å². The van der Waals surface area contributed by atoms with Crippen LogP contribution in [0.2, 0.25) is 0 Å². The van der Waals surface area contributed by atoms with Crippen molar-refractivity contribution in [2.75, 3.05) is 0 Å². The Bertz CT molecular complexity index is 537. The van der Waals surface area contributed by atoms with E-state index < -0.39 is 0 Å². The molecule has 0 saturated carbocycles. The van der Waals surface area contributed by atoms with Gasteiger partial charge in [-0.15, -0.1) is 5.10 Å². The third-order valence-electron chi connectivity index (χ3n) is 3.09. The molecule has 5 nitrogen and oxygen atoms in total. The molecular weight excluding hydrogens is 238 g/mol. The maximum atomic E-state index is 5.75. The molecule has 0 aromatic carbocycles. The second kappa shape index (κ2) is 5.93. The molecule has 0 aliphatic rings. The molecule has 0 atom stereocenters. The number of nitrogens with zero attached hydrogens (tertiary/aromatic N) is 4. The van der Waals surface area contributed by atoms with E-state index in [0.29, 0.717) is 6.54 Å². The highest BCUT2D eigenvalue weighted by molar-refractivity contribution is 5.31. The Balaban J connectivity index is 2.53. The summed E-state index contributed by atoms with van der Waals surface area (Å²) in [6.45, 7) is 6.74. The maximum Gasteiger partial charge on any atom is 0.156 e. The average Bonchev–Trinajstić information content (AvgIpc) is 2.90. The lowest BCUT2D eigenvalue weighted by atomic mass is 10.2. The number of nitrogens with two attached hydrogens (primary N) is 1. The first-order valence-corrected chi connectivity index (χ1v) is 6.86. The van der Waals surface area contributed by atoms with Gasteiger partial charge in [-0.3, -0.25) is 0 Å². The normalized spacial score (nSPS) is 10.9. The predicted octanol–water partition coefficient (Wildman–Crippen LogP) is 1.81. The van der Waals surface area contributed by atoms with E-state index in [1.165, 1.54) is 0 Å². The van der Waals surface area contributed by atoms with Gasteiger partial charge in [-0.2, -0.15) is 4.68 Å². The van der Waals surface area contributed by atoms with E-state index in [9.17, 15) is 0 Å². The Kier molecular flexibility index (Phi) is 4.27. The fourth-order valence-electron chi connectivity index (χ4n) is 1.99. The zero-order valence-electron chi connectivity index (χ0n) is 11.8. The monoisotopic (exact) mass is 259 g/mol. The topological polar surface area (TPSA) is 69.6 Å². The molecule has 0 bridgehead atoms. The van der Waals surface area contributed by atoms with Crippen LogP contribution in [0.1, 0.15) is 43.7 Å². The number of pyridine rings is 1. The van der Waals surface area contributed by atoms with Gasteiger partial charge in [-0.25, -0.2) is 9.97 Å². The maximum absolute atomic E-state index is 5.75. The van der Waals surface area contributed by atoms with Crippen molar-refractivity contribution in [3.63, 3.8) is 0 Å². The van der Waals surface area contributed by atoms with Gasteiger partial charge in [0.1, 0.15) is 5.82 Å². The van der Waals surface area contributed by atoms with Crippen LogP contribution < -0.4 is 5.73 Å². The molecule has 0 fully saturated rings. The smallest absolute Gasteiger partial charge is 0.156 e. The molecule has 5 heteroatoms. The quantitative estimate of drug-likeness (QED) is 0.889. The van der Waals surface area contributed by atoms with Crippen molar-refractivity contribution in [1.29, 1.82) is 0 Å². The highest BCUT2D eigenvalue weighted by atomic mass is 15.4. The molecule has 2 rings (SSSR count). The van der Waals surface area contributed by atoms with E-state index >= 15 is 0 Å². The summed E-state index contributed by atoms with van der Waals surface area (Å²) in [5.41, 5.74) is 7.87. The lowest BCUT2D eigenvalue weighted by Gasteiger charge is -2.08. The molecule has 0 spiro atoms. The van der Waals surface area contributed by atoms with Crippen molar-refractivity contribution < 1.29 is 0 Å². The molecule has 0 radical (unpaired) electrons. The van der Waals surface area contributed by atoms with Crippen LogP contribution in [-0.2, 0) is 25.8 Å². The van der Waals surface area contributed by atoms with Gasteiger partial charge < -0.3 is 5.73 Å². The van der Waals surface area contributed by atoms with Gasteiger partial charge in [0.05, 0.1) is 0 Å². The van der Waals surface area contributed by atoms with Crippen LogP contribution in [0, 0.1) is 0 Å². The molecule has 102 valence electrons. The van der Waals surface area contributed by atoms with E-state index in [2.05, 4.69) is 35.8 Å². The zero-order valence-corrected chi connectivity index (χ0v) is 11.8. The minimum Gasteiger partial charge on any atom is -0.326 e. The summed E-state index contributed by atoms with van der Waals surface area (Å²) < 4.78 is 1.84. The molecule has 0 amide bonds. The van der Waals surface area contributed by atoms with E-state index in [-0.39, 0.29) is 0 Å². The fraction of sp³-hybridized carbons (Fsp3) is 0.500. The van der Waals surface area contributed by atoms with E-state index in [4.69, 9.17) is 5.73 Å². The lowest BCUT2D eigenvalue weighted by molar-refractivity contribution is 0.759. The first kappa shape index (κ1) is 13.7. The standard InChI is InChI=1S/C14H21N5/c1-4-11-7-10(9-15)8-14(16-11)19-13(6-3)17-12(5-2)18-19/h7-8H,4-6,9,15H2,1-3H3. The van der Waals surface area contributed by atoms with Crippen molar-refractivity contribution in [2.24, 2.45) is 5.73 Å². The Labute approximate surface area is 113 Å². The van der Waals surface area contributed by atoms with Crippen LogP contribution in [0.25, 0.3) is 5.82 Å². The molecule has 2 aromatic heterocycles. The number of aryl methyl sites for hydroxylation is 3. The molecule has 2 aromatic rings. The Morgan fingerprint density at radius 1 is 1.05 bits per heavy atom. The SMILES string of the molecule is CCc1cc(CN)cc(-n2nc(CC)nc2CC)n1. The van der Waals surface area contributed by atoms with E-state index in [1.807, 2.05) is 16.8 Å². The summed E-state index contributed by atoms with van der Waals surface area (Å²) in [5.74, 6) is 2.62. The van der Waals surface area contributed by atoms with Crippen molar-refractivity contribution in [3.8, 4) is 5.82 Å². The molecule has 0 aliphatic carbocycles. The summed E-state index contributed by atoms with van der Waals surface area (Å²) in [5, 5.41) is 4.52. The third kappa shape index (κ3) is 2.81. The second-order valence-electron chi connectivity index (χ2n) is 4.45. The first-order valence-electron chi connectivity index (χ1n) is 6.86. The van der Waals surface area contributed by atoms with Gasteiger partial charge in [0.15, 0.2) is 11.6 Å². The Morgan fingerprint density at radius 3 is 2.42 bits per heavy atom. The molecule has 2 N–H and O–H groups in total. The van der Waals surface area contributed by atoms with E-state index in [1.54, 1.807) is 0 Å². The van der Waals surface area contributed by atoms with Gasteiger partial charge in [0, 0.05) is 25.1 Å². The molecule has 0 unspecified atom stereocenters. The van der Waals surface area contributed by atoms with Gasteiger partial charge in [0.25, 0.3) is 0 Å². The van der Waals surface area contributed by atoms with Crippen LogP contribution in [0.4, 0.5) is 0 Å². The number of rotatable bonds is 5. The van der Waals surface area contributed by atoms with Crippen molar-refractivity contribution in [2.45, 2.75) is 46.6 Å². The summed E-state index contributed by atoms with van der Waals surface area (Å²) >= 11 is 0. The number of hydrogen-bond donors (Lipinski definition) is 1. The van der Waals surface area contributed by atoms with Crippen molar-refractivity contribution in [1.82, 2.24) is 19.7 Å². The average molecular weight is 259 g/mol. The summed E-state index contributed by atoms with van der Waals surface area (Å²) in [6, 6.07) is 4.04. The molecule has 0 saturated heterocycles. The van der Waals surface area contributed by atoms with E-state index in [0.717, 1.165) is 48.0 Å². The van der Waals surface area contributed by atoms with Crippen molar-refractivity contribution >= 4 is 0 Å². The molecular formula is C14H21N5. The third-order valence-corrected chi connectivity index (χ3v) is 3.09. The highest BCUT2D eigenvalue weighted by Crippen LogP contribution is 2.13. The minimum absolute atomic E-state index is 0.513. The summed E-state index contributed by atoms with van der Waals surface area (Å²) in [4.78, 5) is 9.15. The van der Waals surface area contributed by atoms with Crippen molar-refractivity contribution in [3.05, 3.63) is 35.0 Å². The second-order valence-corrected chi connectivity index (χ2v) is 4.45. The first-order chi connectivity index (χ1) is 9.21. The molecule has 19 heavy (non-hydrogen) atoms. The fourth-order valence-corrected chi connectivity index (χ4v) is 1.99. The molecule has 2 heterocycles. The Morgan fingerprint density at radius 2 is 1.84 bits per heavy atom. The van der Waals surface area contributed by atoms with Crippen LogP contribution >= 0.6 is 0 Å². The summed E-state index contributed by atoms with van der Waals surface area (Å²) in [7, 11) is 0. The van der Waals surface area contributed by atoms with Gasteiger partial charge >= 0.3 is 0 Å². The largest absolute Gasteiger partial charge is 0.326 e. The Hall–Kier alpha value is -1.75. The highest BCUT2D eigenvalue weighted by Gasteiger charge is 2.11. The lowest BCUT2D eigenvalue weighted by Crippen LogP contribution is -2.08. The minimum atomic E-state index is 0.513. The van der Waals surface area contributed by atoms with Gasteiger partial charge in [0.2, 0.25) is 0 Å². The van der Waals surface area contributed by atoms with Crippen LogP contribution in [0.3, 0.4) is 0 Å². The van der Waals surface area contributed by atoms with Gasteiger partial charge in [-0.05, 0) is 24.1 Å². The van der Waals surface area contributed by atoms with Gasteiger partial charge in [-0.1, -0.05) is 20.8 Å². The summed E-state index contributed by atoms with van der Waals surface area (Å²) in [6.07, 6.45) is 2.55. The van der Waals surface area contributed by atoms with Crippen LogP contribution in [0.15, 0.2) is 12.1 Å². The zero-order chi connectivity index (χ0) is 13.8. The number of hydrogen-bond acceptors (Lipinski definition) is 4. The molecule has 0 aliphatic heterocycles. The van der Waals surface area contributed by atoms with Crippen LogP contribution in [-0.4, -0.2) is 19.7 Å². The predicted molar refractivity (Wildman–Crippen MR) is 75.2 cm³/mol. The number of aromatic nitrogens is 4.